The minimum absolute atomic E-state index is 0.0995. The number of carbonyl (C=O) groups excluding carboxylic acids is 1. The van der Waals surface area contributed by atoms with E-state index in [0.29, 0.717) is 6.42 Å². The van der Waals surface area contributed by atoms with Crippen molar-refractivity contribution in [3.05, 3.63) is 29.3 Å². The van der Waals surface area contributed by atoms with Crippen molar-refractivity contribution in [2.75, 3.05) is 7.05 Å². The molecule has 1 aromatic rings. The molecule has 1 aromatic carbocycles. The third kappa shape index (κ3) is 4.79. The van der Waals surface area contributed by atoms with Gasteiger partial charge in [0.25, 0.3) is 0 Å². The van der Waals surface area contributed by atoms with E-state index in [0.717, 1.165) is 11.1 Å². The lowest BCUT2D eigenvalue weighted by molar-refractivity contribution is -0.121. The molecule has 0 saturated carbocycles. The topological polar surface area (TPSA) is 61.4 Å². The molecular weight excluding hydrogens is 204 g/mol. The molecule has 4 heteroatoms. The average molecular weight is 224 g/mol. The van der Waals surface area contributed by atoms with Gasteiger partial charge in [-0.2, -0.15) is 0 Å². The van der Waals surface area contributed by atoms with Gasteiger partial charge in [-0.15, -0.1) is 0 Å². The lowest BCUT2D eigenvalue weighted by Gasteiger charge is -2.04. The molecule has 0 atom stereocenters. The third-order valence-corrected chi connectivity index (χ3v) is 1.89. The Bertz CT molecular complexity index is 338. The van der Waals surface area contributed by atoms with Gasteiger partial charge in [-0.05, 0) is 24.1 Å². The van der Waals surface area contributed by atoms with E-state index in [1.807, 2.05) is 13.8 Å². The van der Waals surface area contributed by atoms with Gasteiger partial charge < -0.3 is 5.11 Å². The SMILES string of the molecule is CC.CNNC(=O)Cc1ccc(O)c(C)c1. The van der Waals surface area contributed by atoms with Crippen LogP contribution in [-0.2, 0) is 11.2 Å². The molecule has 16 heavy (non-hydrogen) atoms. The van der Waals surface area contributed by atoms with Crippen LogP contribution in [0.5, 0.6) is 5.75 Å². The van der Waals surface area contributed by atoms with Crippen molar-refractivity contribution in [1.82, 2.24) is 10.9 Å². The fourth-order valence-corrected chi connectivity index (χ4v) is 1.20. The van der Waals surface area contributed by atoms with E-state index in [9.17, 15) is 9.90 Å². The van der Waals surface area contributed by atoms with E-state index in [4.69, 9.17) is 0 Å². The average Bonchev–Trinajstić information content (AvgIpc) is 2.27. The van der Waals surface area contributed by atoms with Crippen LogP contribution in [0.25, 0.3) is 0 Å². The molecule has 0 fully saturated rings. The molecule has 3 N–H and O–H groups in total. The first-order valence-electron chi connectivity index (χ1n) is 5.37. The molecule has 0 aliphatic carbocycles. The number of aromatic hydroxyl groups is 1. The van der Waals surface area contributed by atoms with Gasteiger partial charge >= 0.3 is 0 Å². The van der Waals surface area contributed by atoms with Crippen LogP contribution in [0.4, 0.5) is 0 Å². The number of phenolic OH excluding ortho intramolecular Hbond substituents is 1. The van der Waals surface area contributed by atoms with Crippen molar-refractivity contribution in [2.24, 2.45) is 0 Å². The van der Waals surface area contributed by atoms with Gasteiger partial charge in [-0.1, -0.05) is 26.0 Å². The lowest BCUT2D eigenvalue weighted by atomic mass is 10.1. The van der Waals surface area contributed by atoms with Crippen LogP contribution in [0, 0.1) is 6.92 Å². The summed E-state index contributed by atoms with van der Waals surface area (Å²) < 4.78 is 0. The highest BCUT2D eigenvalue weighted by atomic mass is 16.3. The number of nitrogens with one attached hydrogen (secondary N) is 2. The highest BCUT2D eigenvalue weighted by Gasteiger charge is 2.03. The van der Waals surface area contributed by atoms with Crippen LogP contribution >= 0.6 is 0 Å². The summed E-state index contributed by atoms with van der Waals surface area (Å²) in [6.45, 7) is 5.80. The standard InChI is InChI=1S/C10H14N2O2.C2H6/c1-7-5-8(3-4-9(7)13)6-10(14)12-11-2;1-2/h3-5,11,13H,6H2,1-2H3,(H,12,14);1-2H3. The van der Waals surface area contributed by atoms with E-state index in [1.165, 1.54) is 0 Å². The first kappa shape index (κ1) is 14.5. The smallest absolute Gasteiger partial charge is 0.238 e. The van der Waals surface area contributed by atoms with Crippen LogP contribution in [0.2, 0.25) is 0 Å². The monoisotopic (exact) mass is 224 g/mol. The summed E-state index contributed by atoms with van der Waals surface area (Å²) >= 11 is 0. The van der Waals surface area contributed by atoms with Gasteiger partial charge in [0, 0.05) is 7.05 Å². The Morgan fingerprint density at radius 3 is 2.50 bits per heavy atom. The van der Waals surface area contributed by atoms with E-state index < -0.39 is 0 Å². The van der Waals surface area contributed by atoms with Crippen LogP contribution in [-0.4, -0.2) is 18.1 Å². The van der Waals surface area contributed by atoms with Crippen molar-refractivity contribution in [3.8, 4) is 5.75 Å². The number of hydrogen-bond acceptors (Lipinski definition) is 3. The molecule has 90 valence electrons. The van der Waals surface area contributed by atoms with Crippen molar-refractivity contribution in [1.29, 1.82) is 0 Å². The maximum atomic E-state index is 11.2. The second-order valence-electron chi connectivity index (χ2n) is 3.10. The summed E-state index contributed by atoms with van der Waals surface area (Å²) in [7, 11) is 1.64. The van der Waals surface area contributed by atoms with Crippen molar-refractivity contribution >= 4 is 5.91 Å². The number of amides is 1. The largest absolute Gasteiger partial charge is 0.508 e. The van der Waals surface area contributed by atoms with E-state index in [-0.39, 0.29) is 11.7 Å². The molecule has 0 bridgehead atoms. The van der Waals surface area contributed by atoms with E-state index >= 15 is 0 Å². The minimum Gasteiger partial charge on any atom is -0.508 e. The third-order valence-electron chi connectivity index (χ3n) is 1.89. The van der Waals surface area contributed by atoms with Gasteiger partial charge in [-0.3, -0.25) is 10.2 Å². The minimum atomic E-state index is -0.0995. The quantitative estimate of drug-likeness (QED) is 0.682. The predicted octanol–water partition coefficient (Wildman–Crippen LogP) is 1.52. The van der Waals surface area contributed by atoms with Gasteiger partial charge in [0.2, 0.25) is 5.91 Å². The van der Waals surface area contributed by atoms with Crippen LogP contribution in [0.15, 0.2) is 18.2 Å². The Hall–Kier alpha value is -1.55. The molecule has 1 rings (SSSR count). The molecule has 0 radical (unpaired) electrons. The van der Waals surface area contributed by atoms with Crippen LogP contribution in [0.1, 0.15) is 25.0 Å². The summed E-state index contributed by atoms with van der Waals surface area (Å²) in [6, 6.07) is 5.12. The number of hydrazine groups is 1. The summed E-state index contributed by atoms with van der Waals surface area (Å²) in [5.74, 6) is 0.153. The Morgan fingerprint density at radius 2 is 2.00 bits per heavy atom. The number of carbonyl (C=O) groups is 1. The number of aryl methyl sites for hydroxylation is 1. The van der Waals surface area contributed by atoms with E-state index in [2.05, 4.69) is 10.9 Å². The number of phenols is 1. The van der Waals surface area contributed by atoms with Gasteiger partial charge in [-0.25, -0.2) is 5.43 Å². The van der Waals surface area contributed by atoms with Crippen molar-refractivity contribution in [3.63, 3.8) is 0 Å². The predicted molar refractivity (Wildman–Crippen MR) is 65.1 cm³/mol. The first-order chi connectivity index (χ1) is 7.63. The zero-order chi connectivity index (χ0) is 12.6. The Labute approximate surface area is 96.7 Å². The summed E-state index contributed by atoms with van der Waals surface area (Å²) in [5.41, 5.74) is 6.70. The first-order valence-corrected chi connectivity index (χ1v) is 5.37. The molecule has 0 spiro atoms. The number of benzene rings is 1. The second-order valence-corrected chi connectivity index (χ2v) is 3.10. The zero-order valence-electron chi connectivity index (χ0n) is 10.3. The molecule has 1 amide bonds. The molecule has 0 unspecified atom stereocenters. The molecule has 4 nitrogen and oxygen atoms in total. The Kier molecular flexibility index (Phi) is 6.96. The maximum absolute atomic E-state index is 11.2. The van der Waals surface area contributed by atoms with Gasteiger partial charge in [0.05, 0.1) is 6.42 Å². The summed E-state index contributed by atoms with van der Waals surface area (Å²) in [5, 5.41) is 9.27. The van der Waals surface area contributed by atoms with Crippen LogP contribution < -0.4 is 10.9 Å². The normalized spacial score (nSPS) is 9.00. The van der Waals surface area contributed by atoms with Crippen LogP contribution in [0.3, 0.4) is 0 Å². The van der Waals surface area contributed by atoms with Crippen molar-refractivity contribution < 1.29 is 9.90 Å². The van der Waals surface area contributed by atoms with E-state index in [1.54, 1.807) is 32.2 Å². The fourth-order valence-electron chi connectivity index (χ4n) is 1.20. The highest BCUT2D eigenvalue weighted by molar-refractivity contribution is 5.78. The molecule has 0 aromatic heterocycles. The summed E-state index contributed by atoms with van der Waals surface area (Å²) in [6.07, 6.45) is 0.307. The van der Waals surface area contributed by atoms with Crippen molar-refractivity contribution in [2.45, 2.75) is 27.2 Å². The number of hydrogen-bond donors (Lipinski definition) is 3. The fraction of sp³-hybridized carbons (Fsp3) is 0.417. The molecule has 0 heterocycles. The second kappa shape index (κ2) is 7.70. The number of rotatable bonds is 3. The molecular formula is C12H20N2O2. The van der Waals surface area contributed by atoms with Gasteiger partial charge in [0.1, 0.15) is 5.75 Å². The Morgan fingerprint density at radius 1 is 1.38 bits per heavy atom. The highest BCUT2D eigenvalue weighted by Crippen LogP contribution is 2.16. The zero-order valence-corrected chi connectivity index (χ0v) is 10.3. The molecule has 0 saturated heterocycles. The molecule has 0 aliphatic rings. The summed E-state index contributed by atoms with van der Waals surface area (Å²) in [4.78, 5) is 11.2. The van der Waals surface area contributed by atoms with Gasteiger partial charge in [0.15, 0.2) is 0 Å². The lowest BCUT2D eigenvalue weighted by Crippen LogP contribution is -2.35. The maximum Gasteiger partial charge on any atom is 0.238 e. The Balaban J connectivity index is 0.00000106. The molecule has 0 aliphatic heterocycles.